The molecule has 0 atom stereocenters. The molecule has 2 rings (SSSR count). The fraction of sp³-hybridized carbons (Fsp3) is 0.125. The number of hydrogen-bond donors (Lipinski definition) is 2. The molecular formula is C16H15ClN2O2. The molecule has 0 aliphatic heterocycles. The van der Waals surface area contributed by atoms with Crippen LogP contribution in [0.3, 0.4) is 0 Å². The molecule has 0 aromatic heterocycles. The van der Waals surface area contributed by atoms with E-state index >= 15 is 0 Å². The topological polar surface area (TPSA) is 58.2 Å². The van der Waals surface area contributed by atoms with E-state index < -0.39 is 5.91 Å². The Labute approximate surface area is 128 Å². The molecule has 0 spiro atoms. The van der Waals surface area contributed by atoms with Crippen molar-refractivity contribution in [2.75, 3.05) is 5.88 Å². The molecular weight excluding hydrogens is 288 g/mol. The van der Waals surface area contributed by atoms with Gasteiger partial charge in [0.1, 0.15) is 5.88 Å². The zero-order valence-electron chi connectivity index (χ0n) is 11.5. The molecule has 5 heteroatoms. The van der Waals surface area contributed by atoms with Crippen LogP contribution >= 0.6 is 11.6 Å². The fourth-order valence-electron chi connectivity index (χ4n) is 2.04. The number of hydrogen-bond acceptors (Lipinski definition) is 2. The molecule has 0 unspecified atom stereocenters. The van der Waals surface area contributed by atoms with E-state index in [2.05, 4.69) is 10.9 Å². The number of benzene rings is 2. The summed E-state index contributed by atoms with van der Waals surface area (Å²) in [5.74, 6) is -1.03. The maximum atomic E-state index is 12.1. The van der Waals surface area contributed by atoms with Gasteiger partial charge in [0, 0.05) is 5.56 Å². The van der Waals surface area contributed by atoms with Gasteiger partial charge in [0.2, 0.25) is 0 Å². The molecule has 2 N–H and O–H groups in total. The standard InChI is InChI=1S/C16H15ClN2O2/c1-11-13(12-6-3-2-4-7-12)8-5-9-14(11)16(21)19-18-15(20)10-17/h2-9H,10H2,1H3,(H,18,20)(H,19,21). The molecule has 4 nitrogen and oxygen atoms in total. The van der Waals surface area contributed by atoms with Crippen molar-refractivity contribution in [2.24, 2.45) is 0 Å². The molecule has 0 bridgehead atoms. The van der Waals surface area contributed by atoms with Crippen LogP contribution in [0.5, 0.6) is 0 Å². The second kappa shape index (κ2) is 6.90. The monoisotopic (exact) mass is 302 g/mol. The van der Waals surface area contributed by atoms with E-state index in [9.17, 15) is 9.59 Å². The van der Waals surface area contributed by atoms with E-state index in [0.29, 0.717) is 5.56 Å². The van der Waals surface area contributed by atoms with E-state index in [-0.39, 0.29) is 11.8 Å². The summed E-state index contributed by atoms with van der Waals surface area (Å²) >= 11 is 5.35. The van der Waals surface area contributed by atoms with Crippen LogP contribution < -0.4 is 10.9 Å². The number of alkyl halides is 1. The molecule has 2 aromatic carbocycles. The van der Waals surface area contributed by atoms with Crippen molar-refractivity contribution < 1.29 is 9.59 Å². The first kappa shape index (κ1) is 15.1. The molecule has 0 fully saturated rings. The zero-order chi connectivity index (χ0) is 15.2. The van der Waals surface area contributed by atoms with Crippen LogP contribution in [-0.2, 0) is 4.79 Å². The lowest BCUT2D eigenvalue weighted by molar-refractivity contribution is -0.119. The number of hydrazine groups is 1. The van der Waals surface area contributed by atoms with Crippen molar-refractivity contribution in [2.45, 2.75) is 6.92 Å². The highest BCUT2D eigenvalue weighted by Crippen LogP contribution is 2.25. The van der Waals surface area contributed by atoms with Crippen molar-refractivity contribution >= 4 is 23.4 Å². The molecule has 0 heterocycles. The molecule has 2 aromatic rings. The minimum Gasteiger partial charge on any atom is -0.272 e. The van der Waals surface area contributed by atoms with E-state index in [1.165, 1.54) is 0 Å². The Kier molecular flexibility index (Phi) is 4.95. The molecule has 0 saturated carbocycles. The van der Waals surface area contributed by atoms with Crippen LogP contribution in [0.4, 0.5) is 0 Å². The predicted molar refractivity (Wildman–Crippen MR) is 82.9 cm³/mol. The number of halogens is 1. The fourth-order valence-corrected chi connectivity index (χ4v) is 2.11. The van der Waals surface area contributed by atoms with Crippen LogP contribution in [0.25, 0.3) is 11.1 Å². The van der Waals surface area contributed by atoms with Crippen LogP contribution in [0, 0.1) is 6.92 Å². The molecule has 0 radical (unpaired) electrons. The van der Waals surface area contributed by atoms with Gasteiger partial charge in [-0.25, -0.2) is 0 Å². The smallest absolute Gasteiger partial charge is 0.269 e. The van der Waals surface area contributed by atoms with Crippen LogP contribution in [0.1, 0.15) is 15.9 Å². The molecule has 108 valence electrons. The second-order valence-electron chi connectivity index (χ2n) is 4.48. The molecule has 0 aliphatic carbocycles. The summed E-state index contributed by atoms with van der Waals surface area (Å²) in [6, 6.07) is 15.3. The number of carbonyl (C=O) groups is 2. The van der Waals surface area contributed by atoms with Gasteiger partial charge in [-0.05, 0) is 29.7 Å². The first-order valence-corrected chi connectivity index (χ1v) is 6.97. The van der Waals surface area contributed by atoms with Crippen LogP contribution in [-0.4, -0.2) is 17.7 Å². The van der Waals surface area contributed by atoms with E-state index in [4.69, 9.17) is 11.6 Å². The Morgan fingerprint density at radius 1 is 1.00 bits per heavy atom. The minimum absolute atomic E-state index is 0.205. The average molecular weight is 303 g/mol. The second-order valence-corrected chi connectivity index (χ2v) is 4.75. The maximum absolute atomic E-state index is 12.1. The highest BCUT2D eigenvalue weighted by Gasteiger charge is 2.13. The van der Waals surface area contributed by atoms with Gasteiger partial charge in [-0.3, -0.25) is 20.4 Å². The van der Waals surface area contributed by atoms with Crippen molar-refractivity contribution in [3.05, 3.63) is 59.7 Å². The maximum Gasteiger partial charge on any atom is 0.269 e. The van der Waals surface area contributed by atoms with Crippen molar-refractivity contribution in [3.63, 3.8) is 0 Å². The van der Waals surface area contributed by atoms with Gasteiger partial charge in [-0.2, -0.15) is 0 Å². The highest BCUT2D eigenvalue weighted by molar-refractivity contribution is 6.27. The normalized spacial score (nSPS) is 10.0. The summed E-state index contributed by atoms with van der Waals surface area (Å²) in [7, 11) is 0. The number of amides is 2. The Bertz CT molecular complexity index is 657. The Balaban J connectivity index is 2.26. The first-order valence-electron chi connectivity index (χ1n) is 6.43. The predicted octanol–water partition coefficient (Wildman–Crippen LogP) is 2.66. The lowest BCUT2D eigenvalue weighted by Gasteiger charge is -2.12. The number of carbonyl (C=O) groups excluding carboxylic acids is 2. The zero-order valence-corrected chi connectivity index (χ0v) is 12.3. The average Bonchev–Trinajstić information content (AvgIpc) is 2.53. The van der Waals surface area contributed by atoms with E-state index in [1.807, 2.05) is 49.4 Å². The van der Waals surface area contributed by atoms with Gasteiger partial charge >= 0.3 is 0 Å². The molecule has 0 saturated heterocycles. The first-order chi connectivity index (χ1) is 10.1. The number of nitrogens with one attached hydrogen (secondary N) is 2. The lowest BCUT2D eigenvalue weighted by Crippen LogP contribution is -2.42. The molecule has 0 aliphatic rings. The Hall–Kier alpha value is -2.33. The van der Waals surface area contributed by atoms with Gasteiger partial charge in [0.15, 0.2) is 0 Å². The quantitative estimate of drug-likeness (QED) is 0.676. The third-order valence-electron chi connectivity index (χ3n) is 3.10. The summed E-state index contributed by atoms with van der Waals surface area (Å²) in [5, 5.41) is 0. The van der Waals surface area contributed by atoms with E-state index in [1.54, 1.807) is 6.07 Å². The van der Waals surface area contributed by atoms with Gasteiger partial charge in [0.05, 0.1) is 0 Å². The molecule has 2 amide bonds. The van der Waals surface area contributed by atoms with Gasteiger partial charge < -0.3 is 0 Å². The lowest BCUT2D eigenvalue weighted by atomic mass is 9.96. The van der Waals surface area contributed by atoms with Crippen LogP contribution in [0.15, 0.2) is 48.5 Å². The Morgan fingerprint density at radius 2 is 1.71 bits per heavy atom. The largest absolute Gasteiger partial charge is 0.272 e. The SMILES string of the molecule is Cc1c(C(=O)NNC(=O)CCl)cccc1-c1ccccc1. The van der Waals surface area contributed by atoms with Gasteiger partial charge in [-0.1, -0.05) is 42.5 Å². The van der Waals surface area contributed by atoms with Gasteiger partial charge in [0.25, 0.3) is 11.8 Å². The number of rotatable bonds is 3. The summed E-state index contributed by atoms with van der Waals surface area (Å²) in [6.07, 6.45) is 0. The third kappa shape index (κ3) is 3.61. The summed E-state index contributed by atoms with van der Waals surface area (Å²) in [5.41, 5.74) is 7.96. The highest BCUT2D eigenvalue weighted by atomic mass is 35.5. The summed E-state index contributed by atoms with van der Waals surface area (Å²) in [6.45, 7) is 1.88. The third-order valence-corrected chi connectivity index (χ3v) is 3.34. The van der Waals surface area contributed by atoms with Crippen molar-refractivity contribution in [1.82, 2.24) is 10.9 Å². The van der Waals surface area contributed by atoms with Gasteiger partial charge in [-0.15, -0.1) is 11.6 Å². The van der Waals surface area contributed by atoms with E-state index in [0.717, 1.165) is 16.7 Å². The minimum atomic E-state index is -0.457. The van der Waals surface area contributed by atoms with Crippen molar-refractivity contribution in [1.29, 1.82) is 0 Å². The Morgan fingerprint density at radius 3 is 2.38 bits per heavy atom. The summed E-state index contributed by atoms with van der Waals surface area (Å²) < 4.78 is 0. The molecule has 21 heavy (non-hydrogen) atoms. The van der Waals surface area contributed by atoms with Crippen molar-refractivity contribution in [3.8, 4) is 11.1 Å². The summed E-state index contributed by atoms with van der Waals surface area (Å²) in [4.78, 5) is 23.2. The van der Waals surface area contributed by atoms with Crippen LogP contribution in [0.2, 0.25) is 0 Å².